The molecule has 126 valence electrons. The van der Waals surface area contributed by atoms with Gasteiger partial charge in [-0.05, 0) is 25.3 Å². The maximum atomic E-state index is 12.3. The number of piperidine rings is 1. The van der Waals surface area contributed by atoms with Crippen LogP contribution < -0.4 is 5.32 Å². The van der Waals surface area contributed by atoms with E-state index in [1.165, 1.54) is 6.08 Å². The first-order valence-electron chi connectivity index (χ1n) is 7.80. The van der Waals surface area contributed by atoms with Crippen LogP contribution in [-0.2, 0) is 16.6 Å². The molecule has 0 bridgehead atoms. The fourth-order valence-corrected chi connectivity index (χ4v) is 2.77. The predicted molar refractivity (Wildman–Crippen MR) is 86.3 cm³/mol. The van der Waals surface area contributed by atoms with Crippen molar-refractivity contribution in [2.45, 2.75) is 31.3 Å². The van der Waals surface area contributed by atoms with Crippen molar-refractivity contribution in [3.05, 3.63) is 24.0 Å². The molecule has 1 saturated heterocycles. The Labute approximate surface area is 136 Å². The van der Waals surface area contributed by atoms with Crippen LogP contribution in [0.4, 0.5) is 0 Å². The number of amides is 2. The van der Waals surface area contributed by atoms with Crippen LogP contribution in [0, 0.1) is 0 Å². The van der Waals surface area contributed by atoms with Gasteiger partial charge in [0, 0.05) is 51.4 Å². The summed E-state index contributed by atoms with van der Waals surface area (Å²) >= 11 is 0. The second kappa shape index (κ2) is 7.41. The molecule has 1 aromatic heterocycles. The molecular formula is C16H24N4O3. The lowest BCUT2D eigenvalue weighted by Gasteiger charge is -2.38. The van der Waals surface area contributed by atoms with Gasteiger partial charge in [-0.15, -0.1) is 0 Å². The van der Waals surface area contributed by atoms with Crippen molar-refractivity contribution in [1.29, 1.82) is 0 Å². The summed E-state index contributed by atoms with van der Waals surface area (Å²) in [6.45, 7) is 0.888. The number of aromatic nitrogens is 2. The van der Waals surface area contributed by atoms with Gasteiger partial charge in [0.25, 0.3) is 0 Å². The van der Waals surface area contributed by atoms with Crippen LogP contribution in [0.1, 0.15) is 31.2 Å². The third-order valence-corrected chi connectivity index (χ3v) is 4.11. The molecule has 1 aliphatic heterocycles. The highest BCUT2D eigenvalue weighted by Gasteiger charge is 2.34. The van der Waals surface area contributed by atoms with Gasteiger partial charge in [-0.1, -0.05) is 0 Å². The van der Waals surface area contributed by atoms with Gasteiger partial charge in [0.05, 0.1) is 11.8 Å². The summed E-state index contributed by atoms with van der Waals surface area (Å²) < 4.78 is 1.67. The number of carbonyl (C=O) groups is 2. The van der Waals surface area contributed by atoms with Gasteiger partial charge < -0.3 is 15.3 Å². The Morgan fingerprint density at radius 2 is 2.30 bits per heavy atom. The fraction of sp³-hybridized carbons (Fsp3) is 0.562. The largest absolute Gasteiger partial charge is 0.388 e. The minimum Gasteiger partial charge on any atom is -0.388 e. The Morgan fingerprint density at radius 3 is 2.96 bits per heavy atom. The Kier molecular flexibility index (Phi) is 5.54. The Hall–Kier alpha value is -2.15. The molecule has 0 spiro atoms. The van der Waals surface area contributed by atoms with E-state index in [-0.39, 0.29) is 24.8 Å². The summed E-state index contributed by atoms with van der Waals surface area (Å²) in [5, 5.41) is 17.2. The highest BCUT2D eigenvalue weighted by atomic mass is 16.3. The maximum Gasteiger partial charge on any atom is 0.246 e. The Balaban J connectivity index is 1.92. The fourth-order valence-electron chi connectivity index (χ4n) is 2.77. The second-order valence-electron chi connectivity index (χ2n) is 6.04. The van der Waals surface area contributed by atoms with E-state index in [4.69, 9.17) is 0 Å². The maximum absolute atomic E-state index is 12.3. The van der Waals surface area contributed by atoms with Gasteiger partial charge in [-0.25, -0.2) is 0 Å². The van der Waals surface area contributed by atoms with Crippen molar-refractivity contribution in [3.63, 3.8) is 0 Å². The molecule has 0 unspecified atom stereocenters. The molecule has 7 nitrogen and oxygen atoms in total. The predicted octanol–water partition coefficient (Wildman–Crippen LogP) is 0.313. The number of carbonyl (C=O) groups excluding carboxylic acids is 2. The van der Waals surface area contributed by atoms with E-state index in [0.29, 0.717) is 19.4 Å². The number of aryl methyl sites for hydroxylation is 1. The van der Waals surface area contributed by atoms with E-state index in [9.17, 15) is 14.7 Å². The molecule has 23 heavy (non-hydrogen) atoms. The molecule has 1 aromatic rings. The van der Waals surface area contributed by atoms with Crippen LogP contribution in [0.2, 0.25) is 0 Å². The third-order valence-electron chi connectivity index (χ3n) is 4.11. The van der Waals surface area contributed by atoms with Crippen molar-refractivity contribution in [1.82, 2.24) is 20.0 Å². The zero-order valence-electron chi connectivity index (χ0n) is 13.7. The van der Waals surface area contributed by atoms with Gasteiger partial charge in [-0.2, -0.15) is 5.10 Å². The molecule has 7 heteroatoms. The average molecular weight is 320 g/mol. The molecule has 0 radical (unpaired) electrons. The molecule has 1 atom stereocenters. The number of nitrogens with zero attached hydrogens (tertiary/aromatic N) is 3. The van der Waals surface area contributed by atoms with Crippen LogP contribution in [0.15, 0.2) is 18.5 Å². The number of hydrogen-bond acceptors (Lipinski definition) is 4. The van der Waals surface area contributed by atoms with Crippen LogP contribution in [0.25, 0.3) is 6.08 Å². The zero-order valence-corrected chi connectivity index (χ0v) is 13.7. The van der Waals surface area contributed by atoms with Crippen molar-refractivity contribution in [2.24, 2.45) is 7.05 Å². The van der Waals surface area contributed by atoms with Gasteiger partial charge >= 0.3 is 0 Å². The lowest BCUT2D eigenvalue weighted by molar-refractivity contribution is -0.134. The smallest absolute Gasteiger partial charge is 0.246 e. The third kappa shape index (κ3) is 4.92. The second-order valence-corrected chi connectivity index (χ2v) is 6.04. The zero-order chi connectivity index (χ0) is 16.9. The molecule has 0 aliphatic carbocycles. The van der Waals surface area contributed by atoms with Gasteiger partial charge in [0.15, 0.2) is 0 Å². The summed E-state index contributed by atoms with van der Waals surface area (Å²) in [5.41, 5.74) is -0.129. The van der Waals surface area contributed by atoms with Gasteiger partial charge in [0.1, 0.15) is 0 Å². The van der Waals surface area contributed by atoms with Gasteiger partial charge in [0.2, 0.25) is 11.8 Å². The van der Waals surface area contributed by atoms with Crippen molar-refractivity contribution in [2.75, 3.05) is 20.1 Å². The number of likely N-dealkylation sites (tertiary alicyclic amines) is 1. The lowest BCUT2D eigenvalue weighted by Crippen LogP contribution is -2.50. The van der Waals surface area contributed by atoms with Gasteiger partial charge in [-0.3, -0.25) is 14.3 Å². The lowest BCUT2D eigenvalue weighted by atomic mass is 9.88. The summed E-state index contributed by atoms with van der Waals surface area (Å²) in [6, 6.07) is 0. The minimum atomic E-state index is -0.984. The van der Waals surface area contributed by atoms with E-state index < -0.39 is 5.60 Å². The monoisotopic (exact) mass is 320 g/mol. The normalized spacial score (nSPS) is 21.6. The number of hydrogen-bond donors (Lipinski definition) is 2. The first kappa shape index (κ1) is 17.2. The molecule has 2 amide bonds. The molecular weight excluding hydrogens is 296 g/mol. The molecule has 1 fully saturated rings. The van der Waals surface area contributed by atoms with Crippen LogP contribution in [-0.4, -0.2) is 57.3 Å². The average Bonchev–Trinajstić information content (AvgIpc) is 2.96. The van der Waals surface area contributed by atoms with Crippen molar-refractivity contribution in [3.8, 4) is 0 Å². The van der Waals surface area contributed by atoms with Crippen LogP contribution in [0.3, 0.4) is 0 Å². The van der Waals surface area contributed by atoms with Crippen LogP contribution >= 0.6 is 0 Å². The summed E-state index contributed by atoms with van der Waals surface area (Å²) in [7, 11) is 3.39. The highest BCUT2D eigenvalue weighted by Crippen LogP contribution is 2.26. The first-order chi connectivity index (χ1) is 10.9. The standard InChI is InChI=1S/C16H24N4O3/c1-17-14(21)6-8-16(23)7-3-9-20(12-16)15(22)5-4-13-10-18-19(2)11-13/h4-5,10-11,23H,3,6-9,12H2,1-2H3,(H,17,21)/b5-4+/t16-/m0/s1. The molecule has 0 saturated carbocycles. The van der Waals surface area contributed by atoms with E-state index >= 15 is 0 Å². The van der Waals surface area contributed by atoms with E-state index in [1.807, 2.05) is 13.2 Å². The highest BCUT2D eigenvalue weighted by molar-refractivity contribution is 5.91. The SMILES string of the molecule is CNC(=O)CC[C@@]1(O)CCCN(C(=O)/C=C/c2cnn(C)c2)C1. The van der Waals surface area contributed by atoms with E-state index in [1.54, 1.807) is 28.9 Å². The quantitative estimate of drug-likeness (QED) is 0.765. The molecule has 2 N–H and O–H groups in total. The van der Waals surface area contributed by atoms with Crippen molar-refractivity contribution < 1.29 is 14.7 Å². The molecule has 2 heterocycles. The summed E-state index contributed by atoms with van der Waals surface area (Å²) in [4.78, 5) is 25.3. The molecule has 2 rings (SSSR count). The number of β-amino-alcohol motifs (C(OH)–C–C–N with tert-alkyl or cyclic N) is 1. The van der Waals surface area contributed by atoms with Crippen LogP contribution in [0.5, 0.6) is 0 Å². The van der Waals surface area contributed by atoms with Crippen molar-refractivity contribution >= 4 is 17.9 Å². The Morgan fingerprint density at radius 1 is 1.52 bits per heavy atom. The van der Waals surface area contributed by atoms with E-state index in [0.717, 1.165) is 12.0 Å². The number of aliphatic hydroxyl groups is 1. The number of nitrogens with one attached hydrogen (secondary N) is 1. The molecule has 0 aromatic carbocycles. The summed E-state index contributed by atoms with van der Waals surface area (Å²) in [6.07, 6.45) is 8.69. The first-order valence-corrected chi connectivity index (χ1v) is 7.80. The summed E-state index contributed by atoms with van der Waals surface area (Å²) in [5.74, 6) is -0.231. The van der Waals surface area contributed by atoms with E-state index in [2.05, 4.69) is 10.4 Å². The Bertz CT molecular complexity index is 596. The topological polar surface area (TPSA) is 87.5 Å². The molecule has 1 aliphatic rings. The minimum absolute atomic E-state index is 0.0988. The number of rotatable bonds is 5.